The smallest absolute Gasteiger partial charge is 0.243 e. The lowest BCUT2D eigenvalue weighted by Crippen LogP contribution is -2.27. The highest BCUT2D eigenvalue weighted by Gasteiger charge is 2.02. The van der Waals surface area contributed by atoms with Gasteiger partial charge in [-0.3, -0.25) is 4.79 Å². The molecule has 1 aromatic rings. The molecule has 12 heavy (non-hydrogen) atoms. The summed E-state index contributed by atoms with van der Waals surface area (Å²) in [7, 11) is 3.26. The molecule has 7 nitrogen and oxygen atoms in total. The average Bonchev–Trinajstić information content (AvgIpc) is 2.47. The van der Waals surface area contributed by atoms with Crippen molar-refractivity contribution in [1.82, 2.24) is 25.5 Å². The van der Waals surface area contributed by atoms with Gasteiger partial charge in [-0.1, -0.05) is 5.10 Å². The monoisotopic (exact) mass is 170 g/mol. The maximum atomic E-state index is 10.8. The number of likely N-dealkylation sites (N-methyl/N-ethyl adjacent to an activating group) is 1. The van der Waals surface area contributed by atoms with E-state index in [-0.39, 0.29) is 12.5 Å². The van der Waals surface area contributed by atoms with Crippen molar-refractivity contribution in [2.75, 3.05) is 18.9 Å². The van der Waals surface area contributed by atoms with Crippen molar-refractivity contribution in [2.24, 2.45) is 7.05 Å². The summed E-state index contributed by atoms with van der Waals surface area (Å²) in [6.07, 6.45) is 0. The van der Waals surface area contributed by atoms with Crippen molar-refractivity contribution in [3.8, 4) is 0 Å². The van der Waals surface area contributed by atoms with E-state index in [1.54, 1.807) is 14.1 Å². The number of amides is 1. The van der Waals surface area contributed by atoms with E-state index in [1.807, 2.05) is 0 Å². The predicted molar refractivity (Wildman–Crippen MR) is 41.4 cm³/mol. The number of rotatable bonds is 3. The largest absolute Gasteiger partial charge is 0.358 e. The molecular weight excluding hydrogens is 160 g/mol. The summed E-state index contributed by atoms with van der Waals surface area (Å²) in [5.41, 5.74) is 0. The molecule has 0 radical (unpaired) electrons. The van der Waals surface area contributed by atoms with Gasteiger partial charge in [0.05, 0.1) is 6.54 Å². The van der Waals surface area contributed by atoms with Gasteiger partial charge >= 0.3 is 0 Å². The molecule has 0 saturated heterocycles. The van der Waals surface area contributed by atoms with E-state index in [1.165, 1.54) is 4.68 Å². The Balaban J connectivity index is 2.43. The van der Waals surface area contributed by atoms with Crippen LogP contribution in [-0.2, 0) is 11.8 Å². The maximum absolute atomic E-state index is 10.8. The van der Waals surface area contributed by atoms with Crippen molar-refractivity contribution in [2.45, 2.75) is 0 Å². The van der Waals surface area contributed by atoms with E-state index >= 15 is 0 Å². The molecule has 66 valence electrons. The van der Waals surface area contributed by atoms with Crippen LogP contribution in [0.25, 0.3) is 0 Å². The molecule has 1 amide bonds. The van der Waals surface area contributed by atoms with Crippen LogP contribution in [-0.4, -0.2) is 39.7 Å². The second kappa shape index (κ2) is 3.65. The van der Waals surface area contributed by atoms with Crippen LogP contribution in [0.3, 0.4) is 0 Å². The standard InChI is InChI=1S/C5H10N6O/c1-6-4(12)3-7-5-8-9-10-11(5)2/h3H2,1-2H3,(H,6,12)(H,7,8,10). The molecule has 0 aliphatic rings. The van der Waals surface area contributed by atoms with Crippen molar-refractivity contribution in [3.05, 3.63) is 0 Å². The number of aryl methyl sites for hydroxylation is 1. The topological polar surface area (TPSA) is 84.7 Å². The highest BCUT2D eigenvalue weighted by Crippen LogP contribution is 1.93. The molecule has 0 aromatic carbocycles. The number of anilines is 1. The Labute approximate surface area is 69.1 Å². The molecule has 0 fully saturated rings. The van der Waals surface area contributed by atoms with Gasteiger partial charge in [0.1, 0.15) is 0 Å². The molecule has 0 aliphatic heterocycles. The summed E-state index contributed by atoms with van der Waals surface area (Å²) in [5, 5.41) is 15.8. The van der Waals surface area contributed by atoms with Crippen molar-refractivity contribution < 1.29 is 4.79 Å². The van der Waals surface area contributed by atoms with E-state index < -0.39 is 0 Å². The van der Waals surface area contributed by atoms with Crippen molar-refractivity contribution >= 4 is 11.9 Å². The Bertz CT molecular complexity index is 269. The van der Waals surface area contributed by atoms with Crippen LogP contribution in [0.4, 0.5) is 5.95 Å². The summed E-state index contributed by atoms with van der Waals surface area (Å²) >= 11 is 0. The lowest BCUT2D eigenvalue weighted by molar-refractivity contribution is -0.118. The van der Waals surface area contributed by atoms with Crippen LogP contribution in [0.5, 0.6) is 0 Å². The van der Waals surface area contributed by atoms with Crippen LogP contribution in [0.1, 0.15) is 0 Å². The predicted octanol–water partition coefficient (Wildman–Crippen LogP) is -1.63. The van der Waals surface area contributed by atoms with Crippen LogP contribution in [0, 0.1) is 0 Å². The number of nitrogens with one attached hydrogen (secondary N) is 2. The number of aromatic nitrogens is 4. The Morgan fingerprint density at radius 2 is 2.42 bits per heavy atom. The fourth-order valence-electron chi connectivity index (χ4n) is 0.627. The molecule has 0 spiro atoms. The molecule has 0 aliphatic carbocycles. The second-order valence-corrected chi connectivity index (χ2v) is 2.15. The zero-order valence-electron chi connectivity index (χ0n) is 6.90. The molecule has 7 heteroatoms. The zero-order chi connectivity index (χ0) is 8.97. The SMILES string of the molecule is CNC(=O)CNc1nnnn1C. The van der Waals surface area contributed by atoms with Gasteiger partial charge in [-0.25, -0.2) is 4.68 Å². The number of nitrogens with zero attached hydrogens (tertiary/aromatic N) is 4. The summed E-state index contributed by atoms with van der Waals surface area (Å²) in [4.78, 5) is 10.8. The molecular formula is C5H10N6O. The third-order valence-electron chi connectivity index (χ3n) is 1.31. The first kappa shape index (κ1) is 8.44. The number of carbonyl (C=O) groups excluding carboxylic acids is 1. The van der Waals surface area contributed by atoms with Gasteiger partial charge in [0.2, 0.25) is 11.9 Å². The average molecular weight is 170 g/mol. The van der Waals surface area contributed by atoms with Crippen LogP contribution in [0.15, 0.2) is 0 Å². The molecule has 0 unspecified atom stereocenters. The van der Waals surface area contributed by atoms with Gasteiger partial charge in [0.25, 0.3) is 0 Å². The summed E-state index contributed by atoms with van der Waals surface area (Å²) < 4.78 is 1.45. The van der Waals surface area contributed by atoms with Gasteiger partial charge < -0.3 is 10.6 Å². The van der Waals surface area contributed by atoms with Gasteiger partial charge in [-0.05, 0) is 10.4 Å². The third-order valence-corrected chi connectivity index (χ3v) is 1.31. The summed E-state index contributed by atoms with van der Waals surface area (Å²) in [6.45, 7) is 0.171. The fraction of sp³-hybridized carbons (Fsp3) is 0.600. The van der Waals surface area contributed by atoms with Crippen molar-refractivity contribution in [1.29, 1.82) is 0 Å². The number of tetrazole rings is 1. The molecule has 1 rings (SSSR count). The molecule has 1 aromatic heterocycles. The molecule has 1 heterocycles. The fourth-order valence-corrected chi connectivity index (χ4v) is 0.627. The Hall–Kier alpha value is -1.66. The van der Waals surface area contributed by atoms with Gasteiger partial charge in [-0.2, -0.15) is 0 Å². The number of hydrogen-bond donors (Lipinski definition) is 2. The quantitative estimate of drug-likeness (QED) is 0.568. The maximum Gasteiger partial charge on any atom is 0.243 e. The molecule has 0 bridgehead atoms. The lowest BCUT2D eigenvalue weighted by atomic mass is 10.6. The lowest BCUT2D eigenvalue weighted by Gasteiger charge is -2.01. The zero-order valence-corrected chi connectivity index (χ0v) is 6.90. The molecule has 2 N–H and O–H groups in total. The van der Waals surface area contributed by atoms with E-state index in [0.717, 1.165) is 0 Å². The Morgan fingerprint density at radius 3 is 2.92 bits per heavy atom. The van der Waals surface area contributed by atoms with Gasteiger partial charge in [0, 0.05) is 14.1 Å². The molecule has 0 saturated carbocycles. The van der Waals surface area contributed by atoms with E-state index in [2.05, 4.69) is 26.2 Å². The minimum atomic E-state index is -0.113. The van der Waals surface area contributed by atoms with Crippen LogP contribution >= 0.6 is 0 Å². The summed E-state index contributed by atoms with van der Waals surface area (Å²) in [5.74, 6) is 0.358. The van der Waals surface area contributed by atoms with Crippen molar-refractivity contribution in [3.63, 3.8) is 0 Å². The van der Waals surface area contributed by atoms with E-state index in [9.17, 15) is 4.79 Å². The second-order valence-electron chi connectivity index (χ2n) is 2.15. The van der Waals surface area contributed by atoms with E-state index in [4.69, 9.17) is 0 Å². The Morgan fingerprint density at radius 1 is 1.67 bits per heavy atom. The highest BCUT2D eigenvalue weighted by atomic mass is 16.1. The third kappa shape index (κ3) is 1.91. The highest BCUT2D eigenvalue weighted by molar-refractivity contribution is 5.79. The molecule has 0 atom stereocenters. The summed E-state index contributed by atoms with van der Waals surface area (Å²) in [6, 6.07) is 0. The van der Waals surface area contributed by atoms with Crippen LogP contribution < -0.4 is 10.6 Å². The number of hydrogen-bond acceptors (Lipinski definition) is 5. The minimum absolute atomic E-state index is 0.113. The Kier molecular flexibility index (Phi) is 2.57. The first-order chi connectivity index (χ1) is 5.74. The normalized spacial score (nSPS) is 9.50. The minimum Gasteiger partial charge on any atom is -0.358 e. The first-order valence-corrected chi connectivity index (χ1v) is 3.41. The van der Waals surface area contributed by atoms with Crippen LogP contribution in [0.2, 0.25) is 0 Å². The van der Waals surface area contributed by atoms with E-state index in [0.29, 0.717) is 5.95 Å². The first-order valence-electron chi connectivity index (χ1n) is 3.41. The van der Waals surface area contributed by atoms with Gasteiger partial charge in [0.15, 0.2) is 0 Å². The van der Waals surface area contributed by atoms with Gasteiger partial charge in [-0.15, -0.1) is 0 Å². The number of carbonyl (C=O) groups is 1.